The molecule has 0 radical (unpaired) electrons. The van der Waals surface area contributed by atoms with Crippen LogP contribution >= 0.6 is 0 Å². The Morgan fingerprint density at radius 1 is 1.31 bits per heavy atom. The molecule has 0 bridgehead atoms. The minimum atomic E-state index is -0.0391. The van der Waals surface area contributed by atoms with Crippen LogP contribution in [0.15, 0.2) is 35.3 Å². The van der Waals surface area contributed by atoms with E-state index in [4.69, 9.17) is 11.5 Å². The van der Waals surface area contributed by atoms with E-state index < -0.39 is 0 Å². The Balaban J connectivity index is 2.76. The molecule has 84 valence electrons. The Bertz CT molecular complexity index is 574. The Morgan fingerprint density at radius 3 is 2.75 bits per heavy atom. The minimum Gasteiger partial charge on any atom is -0.398 e. The van der Waals surface area contributed by atoms with Gasteiger partial charge in [-0.1, -0.05) is 6.07 Å². The number of aromatic nitrogens is 1. The van der Waals surface area contributed by atoms with E-state index in [9.17, 15) is 4.79 Å². The average molecular weight is 217 g/mol. The van der Waals surface area contributed by atoms with Crippen LogP contribution in [0.1, 0.15) is 13.0 Å². The third kappa shape index (κ3) is 1.57. The highest BCUT2D eigenvalue weighted by Gasteiger charge is 2.08. The van der Waals surface area contributed by atoms with Crippen LogP contribution in [-0.4, -0.2) is 11.1 Å². The molecule has 1 heterocycles. The summed E-state index contributed by atoms with van der Waals surface area (Å²) in [5.74, 6) is 0. The number of benzene rings is 1. The van der Waals surface area contributed by atoms with Gasteiger partial charge in [0.2, 0.25) is 0 Å². The molecule has 0 aliphatic carbocycles. The summed E-state index contributed by atoms with van der Waals surface area (Å²) in [7, 11) is 0. The van der Waals surface area contributed by atoms with Gasteiger partial charge in [-0.05, 0) is 25.1 Å². The van der Waals surface area contributed by atoms with Gasteiger partial charge < -0.3 is 16.0 Å². The van der Waals surface area contributed by atoms with E-state index in [0.29, 0.717) is 17.6 Å². The van der Waals surface area contributed by atoms with Gasteiger partial charge in [0.1, 0.15) is 0 Å². The average Bonchev–Trinajstić information content (AvgIpc) is 2.30. The predicted octanol–water partition coefficient (Wildman–Crippen LogP) is 1.10. The minimum absolute atomic E-state index is 0.00155. The molecule has 1 aromatic heterocycles. The molecule has 2 rings (SSSR count). The van der Waals surface area contributed by atoms with Gasteiger partial charge in [0.05, 0.1) is 0 Å². The summed E-state index contributed by atoms with van der Waals surface area (Å²) in [6, 6.07) is 7.22. The van der Waals surface area contributed by atoms with Crippen molar-refractivity contribution in [3.63, 3.8) is 0 Å². The maximum Gasteiger partial charge on any atom is 0.258 e. The maximum atomic E-state index is 12.1. The molecule has 0 saturated carbocycles. The van der Waals surface area contributed by atoms with Gasteiger partial charge in [-0.25, -0.2) is 0 Å². The van der Waals surface area contributed by atoms with E-state index in [2.05, 4.69) is 0 Å². The Hall–Kier alpha value is -1.81. The zero-order valence-electron chi connectivity index (χ0n) is 9.18. The molecular weight excluding hydrogens is 202 g/mol. The fourth-order valence-corrected chi connectivity index (χ4v) is 1.78. The summed E-state index contributed by atoms with van der Waals surface area (Å²) in [4.78, 5) is 12.1. The van der Waals surface area contributed by atoms with Gasteiger partial charge in [0.25, 0.3) is 5.56 Å². The third-order valence-electron chi connectivity index (χ3n) is 2.82. The highest BCUT2D eigenvalue weighted by molar-refractivity contribution is 5.91. The number of hydrogen-bond acceptors (Lipinski definition) is 3. The summed E-state index contributed by atoms with van der Waals surface area (Å²) in [6.07, 6.45) is 1.75. The molecule has 16 heavy (non-hydrogen) atoms. The fraction of sp³-hybridized carbons (Fsp3) is 0.250. The molecule has 0 amide bonds. The number of nitrogens with two attached hydrogens (primary N) is 2. The summed E-state index contributed by atoms with van der Waals surface area (Å²) in [5.41, 5.74) is 12.0. The van der Waals surface area contributed by atoms with Crippen LogP contribution in [0.3, 0.4) is 0 Å². The van der Waals surface area contributed by atoms with E-state index in [1.165, 1.54) is 0 Å². The van der Waals surface area contributed by atoms with Crippen molar-refractivity contribution in [1.29, 1.82) is 0 Å². The van der Waals surface area contributed by atoms with Gasteiger partial charge in [0, 0.05) is 35.2 Å². The van der Waals surface area contributed by atoms with Crippen LogP contribution in [0, 0.1) is 0 Å². The summed E-state index contributed by atoms with van der Waals surface area (Å²) in [5, 5.41) is 1.44. The number of pyridine rings is 1. The molecule has 1 aromatic carbocycles. The largest absolute Gasteiger partial charge is 0.398 e. The van der Waals surface area contributed by atoms with E-state index >= 15 is 0 Å². The lowest BCUT2D eigenvalue weighted by Gasteiger charge is -2.13. The van der Waals surface area contributed by atoms with Crippen molar-refractivity contribution in [2.45, 2.75) is 13.0 Å². The molecule has 4 nitrogen and oxygen atoms in total. The zero-order chi connectivity index (χ0) is 11.7. The van der Waals surface area contributed by atoms with Crippen molar-refractivity contribution >= 4 is 16.5 Å². The van der Waals surface area contributed by atoms with Crippen LogP contribution in [0.4, 0.5) is 5.69 Å². The maximum absolute atomic E-state index is 12.1. The SMILES string of the molecule is C[C@@H](CN)n1ccc2c(N)cccc2c1=O. The molecule has 4 heteroatoms. The molecule has 2 aromatic rings. The van der Waals surface area contributed by atoms with E-state index in [0.717, 1.165) is 5.39 Å². The lowest BCUT2D eigenvalue weighted by atomic mass is 10.1. The van der Waals surface area contributed by atoms with Crippen LogP contribution in [0.25, 0.3) is 10.8 Å². The van der Waals surface area contributed by atoms with Gasteiger partial charge in [-0.3, -0.25) is 4.79 Å². The first-order valence-corrected chi connectivity index (χ1v) is 5.24. The standard InChI is InChI=1S/C12H15N3O/c1-8(7-13)15-6-5-9-10(12(15)16)3-2-4-11(9)14/h2-6,8H,7,13-14H2,1H3/t8-/m0/s1. The summed E-state index contributed by atoms with van der Waals surface area (Å²) >= 11 is 0. The van der Waals surface area contributed by atoms with Crippen LogP contribution in [0.5, 0.6) is 0 Å². The number of rotatable bonds is 2. The zero-order valence-corrected chi connectivity index (χ0v) is 9.18. The Labute approximate surface area is 93.5 Å². The van der Waals surface area contributed by atoms with Gasteiger partial charge >= 0.3 is 0 Å². The Morgan fingerprint density at radius 2 is 2.06 bits per heavy atom. The number of anilines is 1. The second-order valence-corrected chi connectivity index (χ2v) is 3.92. The Kier molecular flexibility index (Phi) is 2.66. The lowest BCUT2D eigenvalue weighted by Crippen LogP contribution is -2.27. The molecule has 4 N–H and O–H groups in total. The molecular formula is C12H15N3O. The second kappa shape index (κ2) is 3.98. The van der Waals surface area contributed by atoms with Gasteiger partial charge in [-0.15, -0.1) is 0 Å². The molecule has 0 spiro atoms. The first-order chi connectivity index (χ1) is 7.65. The van der Waals surface area contributed by atoms with Crippen molar-refractivity contribution in [2.75, 3.05) is 12.3 Å². The van der Waals surface area contributed by atoms with E-state index in [1.807, 2.05) is 13.0 Å². The first-order valence-electron chi connectivity index (χ1n) is 5.24. The number of hydrogen-bond donors (Lipinski definition) is 2. The molecule has 0 saturated heterocycles. The summed E-state index contributed by atoms with van der Waals surface area (Å²) < 4.78 is 1.64. The number of nitrogen functional groups attached to an aromatic ring is 1. The van der Waals surface area contributed by atoms with Crippen molar-refractivity contribution in [1.82, 2.24) is 4.57 Å². The molecule has 0 fully saturated rings. The second-order valence-electron chi connectivity index (χ2n) is 3.92. The van der Waals surface area contributed by atoms with Gasteiger partial charge in [0.15, 0.2) is 0 Å². The quantitative estimate of drug-likeness (QED) is 0.740. The van der Waals surface area contributed by atoms with Gasteiger partial charge in [-0.2, -0.15) is 0 Å². The molecule has 0 unspecified atom stereocenters. The van der Waals surface area contributed by atoms with Crippen molar-refractivity contribution < 1.29 is 0 Å². The molecule has 0 aliphatic rings. The molecule has 1 atom stereocenters. The highest BCUT2D eigenvalue weighted by atomic mass is 16.1. The van der Waals surface area contributed by atoms with Crippen molar-refractivity contribution in [3.05, 3.63) is 40.8 Å². The lowest BCUT2D eigenvalue weighted by molar-refractivity contribution is 0.543. The predicted molar refractivity (Wildman–Crippen MR) is 66.4 cm³/mol. The fourth-order valence-electron chi connectivity index (χ4n) is 1.78. The van der Waals surface area contributed by atoms with Crippen molar-refractivity contribution in [2.24, 2.45) is 5.73 Å². The van der Waals surface area contributed by atoms with Crippen molar-refractivity contribution in [3.8, 4) is 0 Å². The monoisotopic (exact) mass is 217 g/mol. The highest BCUT2D eigenvalue weighted by Crippen LogP contribution is 2.17. The normalized spacial score (nSPS) is 12.9. The third-order valence-corrected chi connectivity index (χ3v) is 2.82. The summed E-state index contributed by atoms with van der Waals surface area (Å²) in [6.45, 7) is 2.35. The topological polar surface area (TPSA) is 74.0 Å². The smallest absolute Gasteiger partial charge is 0.258 e. The van der Waals surface area contributed by atoms with Crippen LogP contribution < -0.4 is 17.0 Å². The van der Waals surface area contributed by atoms with Crippen LogP contribution in [0.2, 0.25) is 0 Å². The molecule has 0 aliphatic heterocycles. The van der Waals surface area contributed by atoms with E-state index in [-0.39, 0.29) is 11.6 Å². The first kappa shape index (κ1) is 10.7. The number of fused-ring (bicyclic) bond motifs is 1. The van der Waals surface area contributed by atoms with E-state index in [1.54, 1.807) is 29.0 Å². The van der Waals surface area contributed by atoms with Crippen LogP contribution in [-0.2, 0) is 0 Å². The number of nitrogens with zero attached hydrogens (tertiary/aromatic N) is 1.